The molecule has 27 heavy (non-hydrogen) atoms. The maximum Gasteiger partial charge on any atom is 0.419 e. The summed E-state index contributed by atoms with van der Waals surface area (Å²) in [5.74, 6) is 0.718. The molecule has 2 aromatic heterocycles. The number of ether oxygens (including phenoxy) is 2. The lowest BCUT2D eigenvalue weighted by Crippen LogP contribution is -2.26. The highest BCUT2D eigenvalue weighted by Crippen LogP contribution is 2.35. The van der Waals surface area contributed by atoms with Crippen molar-refractivity contribution in [3.05, 3.63) is 40.0 Å². The minimum absolute atomic E-state index is 0.468. The van der Waals surface area contributed by atoms with Gasteiger partial charge in [-0.3, -0.25) is 0 Å². The smallest absolute Gasteiger partial charge is 0.419 e. The molecule has 2 heterocycles. The highest BCUT2D eigenvalue weighted by molar-refractivity contribution is 9.10. The van der Waals surface area contributed by atoms with Crippen molar-refractivity contribution in [3.63, 3.8) is 0 Å². The van der Waals surface area contributed by atoms with Crippen molar-refractivity contribution in [1.29, 1.82) is 0 Å². The van der Waals surface area contributed by atoms with Crippen LogP contribution in [0.4, 0.5) is 4.79 Å². The van der Waals surface area contributed by atoms with E-state index in [2.05, 4.69) is 32.2 Å². The van der Waals surface area contributed by atoms with Gasteiger partial charge in [0.15, 0.2) is 0 Å². The molecule has 6 nitrogen and oxygen atoms in total. The SMILES string of the molecule is COc1cc(C)cc(C)c1-c1cc2c(nn1)c(Br)cn2C(=O)OC(C)(C)C. The van der Waals surface area contributed by atoms with Crippen LogP contribution >= 0.6 is 15.9 Å². The van der Waals surface area contributed by atoms with Crippen molar-refractivity contribution in [3.8, 4) is 17.0 Å². The molecule has 0 spiro atoms. The third-order valence-corrected chi connectivity index (χ3v) is 4.59. The molecule has 3 rings (SSSR count). The van der Waals surface area contributed by atoms with Crippen LogP contribution in [0.5, 0.6) is 5.75 Å². The summed E-state index contributed by atoms with van der Waals surface area (Å²) in [5.41, 5.74) is 4.21. The van der Waals surface area contributed by atoms with E-state index in [9.17, 15) is 4.79 Å². The molecule has 0 saturated heterocycles. The molecular weight excluding hydrogens is 410 g/mol. The molecule has 0 fully saturated rings. The fourth-order valence-electron chi connectivity index (χ4n) is 2.98. The van der Waals surface area contributed by atoms with Gasteiger partial charge in [-0.25, -0.2) is 9.36 Å². The van der Waals surface area contributed by atoms with Gasteiger partial charge in [0, 0.05) is 11.8 Å². The molecule has 0 aliphatic carbocycles. The Kier molecular flexibility index (Phi) is 4.99. The second-order valence-corrected chi connectivity index (χ2v) is 8.30. The number of rotatable bonds is 2. The van der Waals surface area contributed by atoms with Gasteiger partial charge in [-0.1, -0.05) is 6.07 Å². The van der Waals surface area contributed by atoms with Crippen molar-refractivity contribution in [2.24, 2.45) is 0 Å². The maximum atomic E-state index is 12.6. The number of carbonyl (C=O) groups excluding carboxylic acids is 1. The Morgan fingerprint density at radius 1 is 1.15 bits per heavy atom. The molecule has 0 N–H and O–H groups in total. The summed E-state index contributed by atoms with van der Waals surface area (Å²) in [6.45, 7) is 9.50. The second-order valence-electron chi connectivity index (χ2n) is 7.45. The molecule has 1 aromatic carbocycles. The molecule has 0 aliphatic heterocycles. The van der Waals surface area contributed by atoms with Crippen LogP contribution in [0.25, 0.3) is 22.3 Å². The summed E-state index contributed by atoms with van der Waals surface area (Å²) in [6.07, 6.45) is 1.18. The van der Waals surface area contributed by atoms with Crippen LogP contribution in [0.1, 0.15) is 31.9 Å². The lowest BCUT2D eigenvalue weighted by atomic mass is 10.0. The van der Waals surface area contributed by atoms with E-state index in [4.69, 9.17) is 9.47 Å². The average Bonchev–Trinajstić information content (AvgIpc) is 2.89. The van der Waals surface area contributed by atoms with E-state index in [1.165, 1.54) is 4.57 Å². The molecule has 0 saturated carbocycles. The number of aryl methyl sites for hydroxylation is 2. The number of carbonyl (C=O) groups is 1. The monoisotopic (exact) mass is 431 g/mol. The Hall–Kier alpha value is -2.41. The van der Waals surface area contributed by atoms with Gasteiger partial charge < -0.3 is 9.47 Å². The van der Waals surface area contributed by atoms with Crippen molar-refractivity contribution in [2.75, 3.05) is 7.11 Å². The normalized spacial score (nSPS) is 11.7. The summed E-state index contributed by atoms with van der Waals surface area (Å²) < 4.78 is 13.2. The predicted molar refractivity (Wildman–Crippen MR) is 108 cm³/mol. The molecule has 142 valence electrons. The van der Waals surface area contributed by atoms with E-state index in [0.717, 1.165) is 22.4 Å². The van der Waals surface area contributed by atoms with E-state index in [1.807, 2.05) is 46.8 Å². The first kappa shape index (κ1) is 19.4. The Bertz CT molecular complexity index is 1040. The fourth-order valence-corrected chi connectivity index (χ4v) is 3.47. The van der Waals surface area contributed by atoms with Gasteiger partial charge in [-0.15, -0.1) is 10.2 Å². The van der Waals surface area contributed by atoms with Crippen molar-refractivity contribution in [1.82, 2.24) is 14.8 Å². The molecule has 0 atom stereocenters. The summed E-state index contributed by atoms with van der Waals surface area (Å²) in [7, 11) is 1.63. The minimum Gasteiger partial charge on any atom is -0.496 e. The van der Waals surface area contributed by atoms with Gasteiger partial charge in [0.25, 0.3) is 0 Å². The van der Waals surface area contributed by atoms with E-state index in [0.29, 0.717) is 21.2 Å². The predicted octanol–water partition coefficient (Wildman–Crippen LogP) is 5.27. The Morgan fingerprint density at radius 3 is 2.48 bits per heavy atom. The average molecular weight is 432 g/mol. The van der Waals surface area contributed by atoms with Gasteiger partial charge in [-0.2, -0.15) is 0 Å². The Labute approximate surface area is 166 Å². The zero-order valence-electron chi connectivity index (χ0n) is 16.3. The third kappa shape index (κ3) is 3.83. The third-order valence-electron chi connectivity index (χ3n) is 4.01. The number of methoxy groups -OCH3 is 1. The van der Waals surface area contributed by atoms with Gasteiger partial charge in [0.2, 0.25) is 0 Å². The van der Waals surface area contributed by atoms with Gasteiger partial charge >= 0.3 is 6.09 Å². The lowest BCUT2D eigenvalue weighted by molar-refractivity contribution is 0.0544. The number of halogens is 1. The van der Waals surface area contributed by atoms with E-state index < -0.39 is 11.7 Å². The number of fused-ring (bicyclic) bond motifs is 1. The van der Waals surface area contributed by atoms with Gasteiger partial charge in [0.05, 0.1) is 22.8 Å². The molecule has 3 aromatic rings. The van der Waals surface area contributed by atoms with Crippen LogP contribution in [0.15, 0.2) is 28.9 Å². The highest BCUT2D eigenvalue weighted by atomic mass is 79.9. The first-order valence-electron chi connectivity index (χ1n) is 8.54. The van der Waals surface area contributed by atoms with E-state index in [1.54, 1.807) is 13.3 Å². The molecule has 0 unspecified atom stereocenters. The molecule has 0 amide bonds. The summed E-state index contributed by atoms with van der Waals surface area (Å²) in [4.78, 5) is 12.6. The quantitative estimate of drug-likeness (QED) is 0.552. The van der Waals surface area contributed by atoms with Crippen molar-refractivity contribution in [2.45, 2.75) is 40.2 Å². The molecular formula is C20H22BrN3O3. The van der Waals surface area contributed by atoms with Crippen molar-refractivity contribution >= 4 is 33.1 Å². The van der Waals surface area contributed by atoms with Gasteiger partial charge in [0.1, 0.15) is 16.9 Å². The standard InChI is InChI=1S/C20H22BrN3O3/c1-11-7-12(2)17(16(8-11)26-6)14-9-15-18(23-22-14)13(21)10-24(15)19(25)27-20(3,4)5/h7-10H,1-6H3. The number of hydrogen-bond acceptors (Lipinski definition) is 5. The number of hydrogen-bond donors (Lipinski definition) is 0. The van der Waals surface area contributed by atoms with Gasteiger partial charge in [-0.05, 0) is 73.8 Å². The van der Waals surface area contributed by atoms with E-state index in [-0.39, 0.29) is 0 Å². The number of nitrogens with zero attached hydrogens (tertiary/aromatic N) is 3. The zero-order valence-corrected chi connectivity index (χ0v) is 17.8. The van der Waals surface area contributed by atoms with Crippen LogP contribution < -0.4 is 4.74 Å². The summed E-state index contributed by atoms with van der Waals surface area (Å²) in [5, 5.41) is 8.67. The number of benzene rings is 1. The first-order valence-corrected chi connectivity index (χ1v) is 9.33. The Morgan fingerprint density at radius 2 is 1.85 bits per heavy atom. The van der Waals surface area contributed by atoms with Crippen LogP contribution in [0.2, 0.25) is 0 Å². The van der Waals surface area contributed by atoms with Crippen LogP contribution in [0, 0.1) is 13.8 Å². The molecule has 0 bridgehead atoms. The topological polar surface area (TPSA) is 66.2 Å². The minimum atomic E-state index is -0.597. The lowest BCUT2D eigenvalue weighted by Gasteiger charge is -2.19. The highest BCUT2D eigenvalue weighted by Gasteiger charge is 2.22. The van der Waals surface area contributed by atoms with Crippen LogP contribution in [-0.4, -0.2) is 33.6 Å². The molecule has 0 aliphatic rings. The summed E-state index contributed by atoms with van der Waals surface area (Å²) in [6, 6.07) is 5.85. The molecule has 7 heteroatoms. The maximum absolute atomic E-state index is 12.6. The first-order chi connectivity index (χ1) is 12.6. The van der Waals surface area contributed by atoms with E-state index >= 15 is 0 Å². The largest absolute Gasteiger partial charge is 0.496 e. The fraction of sp³-hybridized carbons (Fsp3) is 0.350. The summed E-state index contributed by atoms with van der Waals surface area (Å²) >= 11 is 3.44. The van der Waals surface area contributed by atoms with Crippen LogP contribution in [0.3, 0.4) is 0 Å². The Balaban J connectivity index is 2.19. The second kappa shape index (κ2) is 6.96. The number of aromatic nitrogens is 3. The van der Waals surface area contributed by atoms with Crippen LogP contribution in [-0.2, 0) is 4.74 Å². The zero-order chi connectivity index (χ0) is 19.9. The van der Waals surface area contributed by atoms with Crippen molar-refractivity contribution < 1.29 is 14.3 Å². The molecule has 0 radical (unpaired) electrons.